The van der Waals surface area contributed by atoms with Gasteiger partial charge in [0.1, 0.15) is 19.0 Å². The monoisotopic (exact) mass is 484 g/mol. The number of ether oxygens (including phenoxy) is 4. The van der Waals surface area contributed by atoms with Gasteiger partial charge in [-0.25, -0.2) is 4.79 Å². The molecule has 0 atom stereocenters. The minimum absolute atomic E-state index is 0.0233. The molecule has 0 saturated carbocycles. The van der Waals surface area contributed by atoms with E-state index in [0.717, 1.165) is 12.2 Å². The standard InChI is InChI=1S/C29H40O6/c1-2-3-4-5-6-7-9-12-25-15-17-27(18-16-25)34-23-21-32-19-20-33-22-24-35-29(31)28(30)26-13-10-8-11-14-26/h8,10-11,13-18H,2-7,9,12,19-24H2,1H3. The van der Waals surface area contributed by atoms with Crippen LogP contribution in [-0.2, 0) is 25.4 Å². The van der Waals surface area contributed by atoms with E-state index in [1.165, 1.54) is 50.5 Å². The zero-order valence-electron chi connectivity index (χ0n) is 21.0. The third-order valence-corrected chi connectivity index (χ3v) is 5.54. The lowest BCUT2D eigenvalue weighted by atomic mass is 10.0. The van der Waals surface area contributed by atoms with E-state index in [1.54, 1.807) is 30.3 Å². The number of carbonyl (C=O) groups is 2. The predicted octanol–water partition coefficient (Wildman–Crippen LogP) is 5.82. The van der Waals surface area contributed by atoms with E-state index in [0.29, 0.717) is 32.0 Å². The molecule has 0 radical (unpaired) electrons. The molecule has 0 fully saturated rings. The highest BCUT2D eigenvalue weighted by molar-refractivity contribution is 6.40. The molecule has 2 aromatic rings. The summed E-state index contributed by atoms with van der Waals surface area (Å²) in [6.45, 7) is 4.20. The van der Waals surface area contributed by atoms with Crippen LogP contribution >= 0.6 is 0 Å². The van der Waals surface area contributed by atoms with E-state index in [2.05, 4.69) is 19.1 Å². The van der Waals surface area contributed by atoms with Crippen molar-refractivity contribution in [1.82, 2.24) is 0 Å². The third kappa shape index (κ3) is 13.1. The average Bonchev–Trinajstić information content (AvgIpc) is 2.90. The Morgan fingerprint density at radius 2 is 1.26 bits per heavy atom. The van der Waals surface area contributed by atoms with Crippen molar-refractivity contribution < 1.29 is 28.5 Å². The zero-order chi connectivity index (χ0) is 25.0. The molecule has 0 aromatic heterocycles. The summed E-state index contributed by atoms with van der Waals surface area (Å²) in [5.74, 6) is -0.684. The van der Waals surface area contributed by atoms with Gasteiger partial charge in [0.05, 0.1) is 26.4 Å². The number of hydrogen-bond donors (Lipinski definition) is 0. The summed E-state index contributed by atoms with van der Waals surface area (Å²) in [5, 5.41) is 0. The van der Waals surface area contributed by atoms with Crippen LogP contribution in [0.15, 0.2) is 54.6 Å². The van der Waals surface area contributed by atoms with Gasteiger partial charge in [-0.3, -0.25) is 4.79 Å². The Labute approximate surface area is 209 Å². The Kier molecular flexibility index (Phi) is 15.2. The number of esters is 1. The van der Waals surface area contributed by atoms with Gasteiger partial charge in [0.2, 0.25) is 0 Å². The molecule has 6 heteroatoms. The Morgan fingerprint density at radius 1 is 0.657 bits per heavy atom. The summed E-state index contributed by atoms with van der Waals surface area (Å²) >= 11 is 0. The minimum Gasteiger partial charge on any atom is -0.491 e. The summed E-state index contributed by atoms with van der Waals surface area (Å²) < 4.78 is 21.5. The highest BCUT2D eigenvalue weighted by Gasteiger charge is 2.17. The summed E-state index contributed by atoms with van der Waals surface area (Å²) in [4.78, 5) is 23.6. The molecule has 192 valence electrons. The molecule has 2 aromatic carbocycles. The van der Waals surface area contributed by atoms with Crippen molar-refractivity contribution in [2.75, 3.05) is 39.6 Å². The Morgan fingerprint density at radius 3 is 1.94 bits per heavy atom. The van der Waals surface area contributed by atoms with Crippen molar-refractivity contribution in [3.05, 3.63) is 65.7 Å². The molecule has 0 spiro atoms. The second-order valence-electron chi connectivity index (χ2n) is 8.42. The topological polar surface area (TPSA) is 71.1 Å². The van der Waals surface area contributed by atoms with Crippen LogP contribution in [0.4, 0.5) is 0 Å². The number of aryl methyl sites for hydroxylation is 1. The van der Waals surface area contributed by atoms with Crippen LogP contribution < -0.4 is 4.74 Å². The van der Waals surface area contributed by atoms with Crippen LogP contribution in [-0.4, -0.2) is 51.4 Å². The predicted molar refractivity (Wildman–Crippen MR) is 137 cm³/mol. The molecule has 0 bridgehead atoms. The molecular formula is C29H40O6. The Balaban J connectivity index is 1.41. The molecule has 0 aliphatic rings. The van der Waals surface area contributed by atoms with Crippen LogP contribution in [0.2, 0.25) is 0 Å². The largest absolute Gasteiger partial charge is 0.491 e. The van der Waals surface area contributed by atoms with Crippen LogP contribution in [0.25, 0.3) is 0 Å². The second kappa shape index (κ2) is 18.6. The number of unbranched alkanes of at least 4 members (excludes halogenated alkanes) is 6. The van der Waals surface area contributed by atoms with Gasteiger partial charge in [-0.15, -0.1) is 0 Å². The molecule has 2 rings (SSSR count). The second-order valence-corrected chi connectivity index (χ2v) is 8.42. The molecule has 0 N–H and O–H groups in total. The van der Waals surface area contributed by atoms with E-state index >= 15 is 0 Å². The molecule has 0 aliphatic carbocycles. The number of benzene rings is 2. The normalized spacial score (nSPS) is 10.8. The van der Waals surface area contributed by atoms with Gasteiger partial charge in [0, 0.05) is 5.56 Å². The van der Waals surface area contributed by atoms with Crippen molar-refractivity contribution in [3.8, 4) is 5.75 Å². The van der Waals surface area contributed by atoms with E-state index in [1.807, 2.05) is 12.1 Å². The molecule has 0 heterocycles. The van der Waals surface area contributed by atoms with Crippen LogP contribution in [0.3, 0.4) is 0 Å². The summed E-state index contributed by atoms with van der Waals surface area (Å²) in [7, 11) is 0. The van der Waals surface area contributed by atoms with Crippen LogP contribution in [0.5, 0.6) is 5.75 Å². The molecule has 0 saturated heterocycles. The fourth-order valence-corrected chi connectivity index (χ4v) is 3.55. The smallest absolute Gasteiger partial charge is 0.379 e. The molecule has 0 amide bonds. The lowest BCUT2D eigenvalue weighted by molar-refractivity contribution is -0.139. The van der Waals surface area contributed by atoms with Gasteiger partial charge in [0.15, 0.2) is 0 Å². The first-order valence-corrected chi connectivity index (χ1v) is 12.8. The quantitative estimate of drug-likeness (QED) is 0.102. The van der Waals surface area contributed by atoms with Crippen molar-refractivity contribution in [2.45, 2.75) is 58.3 Å². The van der Waals surface area contributed by atoms with Crippen molar-refractivity contribution in [3.63, 3.8) is 0 Å². The summed E-state index contributed by atoms with van der Waals surface area (Å²) in [6.07, 6.45) is 10.4. The highest BCUT2D eigenvalue weighted by Crippen LogP contribution is 2.15. The number of hydrogen-bond acceptors (Lipinski definition) is 6. The number of Topliss-reactive ketones (excluding diaryl/α,β-unsaturated/α-hetero) is 1. The van der Waals surface area contributed by atoms with E-state index in [-0.39, 0.29) is 13.2 Å². The fourth-order valence-electron chi connectivity index (χ4n) is 3.55. The number of ketones is 1. The van der Waals surface area contributed by atoms with Gasteiger partial charge in [0.25, 0.3) is 5.78 Å². The zero-order valence-corrected chi connectivity index (χ0v) is 21.0. The lowest BCUT2D eigenvalue weighted by Crippen LogP contribution is -2.20. The van der Waals surface area contributed by atoms with Crippen molar-refractivity contribution in [1.29, 1.82) is 0 Å². The van der Waals surface area contributed by atoms with Gasteiger partial charge in [-0.2, -0.15) is 0 Å². The van der Waals surface area contributed by atoms with Crippen LogP contribution in [0.1, 0.15) is 67.8 Å². The van der Waals surface area contributed by atoms with E-state index in [9.17, 15) is 9.59 Å². The van der Waals surface area contributed by atoms with E-state index < -0.39 is 11.8 Å². The molecule has 0 aliphatic heterocycles. The summed E-state index contributed by atoms with van der Waals surface area (Å²) in [5.41, 5.74) is 1.67. The fraction of sp³-hybridized carbons (Fsp3) is 0.517. The maximum absolute atomic E-state index is 11.9. The van der Waals surface area contributed by atoms with Gasteiger partial charge in [-0.05, 0) is 30.5 Å². The third-order valence-electron chi connectivity index (χ3n) is 5.54. The number of rotatable bonds is 20. The molecular weight excluding hydrogens is 444 g/mol. The molecule has 35 heavy (non-hydrogen) atoms. The minimum atomic E-state index is -0.876. The first kappa shape index (κ1) is 28.5. The Hall–Kier alpha value is -2.70. The first-order valence-electron chi connectivity index (χ1n) is 12.8. The van der Waals surface area contributed by atoms with Crippen molar-refractivity contribution in [2.24, 2.45) is 0 Å². The summed E-state index contributed by atoms with van der Waals surface area (Å²) in [6, 6.07) is 16.6. The SMILES string of the molecule is CCCCCCCCCc1ccc(OCCOCCOCCOC(=O)C(=O)c2ccccc2)cc1. The van der Waals surface area contributed by atoms with Gasteiger partial charge < -0.3 is 18.9 Å². The molecule has 0 unspecified atom stereocenters. The maximum Gasteiger partial charge on any atom is 0.379 e. The number of carbonyl (C=O) groups excluding carboxylic acids is 2. The van der Waals surface area contributed by atoms with E-state index in [4.69, 9.17) is 18.9 Å². The molecule has 6 nitrogen and oxygen atoms in total. The average molecular weight is 485 g/mol. The van der Waals surface area contributed by atoms with Crippen LogP contribution in [0, 0.1) is 0 Å². The Bertz CT molecular complexity index is 819. The highest BCUT2D eigenvalue weighted by atomic mass is 16.6. The lowest BCUT2D eigenvalue weighted by Gasteiger charge is -2.09. The maximum atomic E-state index is 11.9. The first-order chi connectivity index (χ1) is 17.2. The van der Waals surface area contributed by atoms with Gasteiger partial charge in [-0.1, -0.05) is 87.9 Å². The van der Waals surface area contributed by atoms with Crippen molar-refractivity contribution >= 4 is 11.8 Å². The van der Waals surface area contributed by atoms with Gasteiger partial charge >= 0.3 is 5.97 Å².